The molecule has 1 N–H and O–H groups in total. The van der Waals surface area contributed by atoms with Crippen LogP contribution in [0.25, 0.3) is 0 Å². The second kappa shape index (κ2) is 6.44. The second-order valence-electron chi connectivity index (χ2n) is 4.51. The minimum Gasteiger partial charge on any atom is -0.495 e. The minimum atomic E-state index is -0.522. The van der Waals surface area contributed by atoms with Crippen molar-refractivity contribution in [3.63, 3.8) is 0 Å². The highest BCUT2D eigenvalue weighted by molar-refractivity contribution is 6.31. The number of nitrogens with zero attached hydrogens (tertiary/aromatic N) is 1. The van der Waals surface area contributed by atoms with Crippen molar-refractivity contribution in [1.82, 2.24) is 0 Å². The van der Waals surface area contributed by atoms with Crippen molar-refractivity contribution in [2.75, 3.05) is 12.4 Å². The standard InChI is InChI=1S/C15H13ClN2O4/c1-9-11(4-3-5-13(9)18(20)21)15(19)17-12-8-10(16)6-7-14(12)22-2/h3-8H,1-2H3,(H,17,19). The summed E-state index contributed by atoms with van der Waals surface area (Å²) in [6.45, 7) is 1.53. The van der Waals surface area contributed by atoms with Crippen LogP contribution in [0, 0.1) is 17.0 Å². The molecule has 0 heterocycles. The first kappa shape index (κ1) is 15.8. The van der Waals surface area contributed by atoms with Gasteiger partial charge in [-0.3, -0.25) is 14.9 Å². The Morgan fingerprint density at radius 3 is 2.68 bits per heavy atom. The summed E-state index contributed by atoms with van der Waals surface area (Å²) in [5.74, 6) is -0.0254. The zero-order chi connectivity index (χ0) is 16.3. The van der Waals surface area contributed by atoms with Gasteiger partial charge in [-0.05, 0) is 31.2 Å². The molecule has 0 aliphatic carbocycles. The average molecular weight is 321 g/mol. The first-order valence-corrected chi connectivity index (χ1v) is 6.70. The lowest BCUT2D eigenvalue weighted by Gasteiger charge is -2.11. The van der Waals surface area contributed by atoms with Gasteiger partial charge in [0, 0.05) is 22.2 Å². The second-order valence-corrected chi connectivity index (χ2v) is 4.94. The topological polar surface area (TPSA) is 81.5 Å². The fraction of sp³-hybridized carbons (Fsp3) is 0.133. The zero-order valence-corrected chi connectivity index (χ0v) is 12.7. The number of ether oxygens (including phenoxy) is 1. The molecule has 7 heteroatoms. The number of rotatable bonds is 4. The fourth-order valence-electron chi connectivity index (χ4n) is 2.03. The molecule has 6 nitrogen and oxygen atoms in total. The number of halogens is 1. The van der Waals surface area contributed by atoms with E-state index in [1.165, 1.54) is 32.2 Å². The highest BCUT2D eigenvalue weighted by Crippen LogP contribution is 2.29. The predicted molar refractivity (Wildman–Crippen MR) is 83.8 cm³/mol. The van der Waals surface area contributed by atoms with E-state index in [1.807, 2.05) is 0 Å². The van der Waals surface area contributed by atoms with Crippen molar-refractivity contribution in [1.29, 1.82) is 0 Å². The lowest BCUT2D eigenvalue weighted by atomic mass is 10.1. The van der Waals surface area contributed by atoms with E-state index in [4.69, 9.17) is 16.3 Å². The Balaban J connectivity index is 2.36. The summed E-state index contributed by atoms with van der Waals surface area (Å²) in [6, 6.07) is 9.15. The molecule has 0 aliphatic heterocycles. The molecule has 2 aromatic carbocycles. The molecule has 0 aromatic heterocycles. The lowest BCUT2D eigenvalue weighted by Crippen LogP contribution is -2.14. The maximum Gasteiger partial charge on any atom is 0.273 e. The molecule has 114 valence electrons. The normalized spacial score (nSPS) is 10.1. The van der Waals surface area contributed by atoms with Crippen molar-refractivity contribution in [2.45, 2.75) is 6.92 Å². The molecule has 0 unspecified atom stereocenters. The zero-order valence-electron chi connectivity index (χ0n) is 11.9. The number of carbonyl (C=O) groups excluding carboxylic acids is 1. The molecule has 0 saturated heterocycles. The maximum atomic E-state index is 12.4. The van der Waals surface area contributed by atoms with Crippen LogP contribution in [0.1, 0.15) is 15.9 Å². The van der Waals surface area contributed by atoms with E-state index in [0.717, 1.165) is 0 Å². The van der Waals surface area contributed by atoms with E-state index in [2.05, 4.69) is 5.32 Å². The summed E-state index contributed by atoms with van der Waals surface area (Å²) in [7, 11) is 1.47. The maximum absolute atomic E-state index is 12.4. The highest BCUT2D eigenvalue weighted by atomic mass is 35.5. The molecule has 0 atom stereocenters. The fourth-order valence-corrected chi connectivity index (χ4v) is 2.21. The van der Waals surface area contributed by atoms with Gasteiger partial charge >= 0.3 is 0 Å². The Kier molecular flexibility index (Phi) is 4.62. The summed E-state index contributed by atoms with van der Waals surface area (Å²) >= 11 is 5.91. The molecule has 22 heavy (non-hydrogen) atoms. The van der Waals surface area contributed by atoms with Gasteiger partial charge in [-0.1, -0.05) is 17.7 Å². The largest absolute Gasteiger partial charge is 0.495 e. The van der Waals surface area contributed by atoms with Gasteiger partial charge in [0.15, 0.2) is 0 Å². The van der Waals surface area contributed by atoms with Crippen LogP contribution in [0.15, 0.2) is 36.4 Å². The summed E-state index contributed by atoms with van der Waals surface area (Å²) in [5, 5.41) is 14.0. The van der Waals surface area contributed by atoms with Crippen molar-refractivity contribution in [2.24, 2.45) is 0 Å². The molecule has 0 bridgehead atoms. The van der Waals surface area contributed by atoms with Gasteiger partial charge in [0.1, 0.15) is 5.75 Å². The first-order chi connectivity index (χ1) is 10.4. The van der Waals surface area contributed by atoms with Gasteiger partial charge in [0.25, 0.3) is 11.6 Å². The Morgan fingerprint density at radius 2 is 2.05 bits per heavy atom. The van der Waals surface area contributed by atoms with Gasteiger partial charge in [0.2, 0.25) is 0 Å². The number of nitro groups is 1. The van der Waals surface area contributed by atoms with Gasteiger partial charge in [-0.25, -0.2) is 0 Å². The molecule has 1 amide bonds. The van der Waals surface area contributed by atoms with Crippen molar-refractivity contribution in [3.05, 3.63) is 62.7 Å². The Labute approximate surface area is 131 Å². The summed E-state index contributed by atoms with van der Waals surface area (Å²) in [6.07, 6.45) is 0. The molecule has 0 fully saturated rings. The number of anilines is 1. The molecule has 0 saturated carbocycles. The number of hydrogen-bond donors (Lipinski definition) is 1. The molecule has 2 rings (SSSR count). The number of hydrogen-bond acceptors (Lipinski definition) is 4. The van der Waals surface area contributed by atoms with Crippen LogP contribution in [-0.4, -0.2) is 17.9 Å². The van der Waals surface area contributed by atoms with E-state index in [0.29, 0.717) is 22.0 Å². The van der Waals surface area contributed by atoms with E-state index in [-0.39, 0.29) is 11.3 Å². The SMILES string of the molecule is COc1ccc(Cl)cc1NC(=O)c1cccc([N+](=O)[O-])c1C. The average Bonchev–Trinajstić information content (AvgIpc) is 2.47. The molecule has 0 radical (unpaired) electrons. The number of benzene rings is 2. The van der Waals surface area contributed by atoms with Gasteiger partial charge < -0.3 is 10.1 Å². The molecular formula is C15H13ClN2O4. The smallest absolute Gasteiger partial charge is 0.273 e. The first-order valence-electron chi connectivity index (χ1n) is 6.33. The summed E-state index contributed by atoms with van der Waals surface area (Å²) < 4.78 is 5.15. The van der Waals surface area contributed by atoms with Crippen LogP contribution >= 0.6 is 11.6 Å². The monoisotopic (exact) mass is 320 g/mol. The third-order valence-corrected chi connectivity index (χ3v) is 3.39. The Hall–Kier alpha value is -2.60. The number of carbonyl (C=O) groups is 1. The number of nitro benzene ring substituents is 1. The van der Waals surface area contributed by atoms with Crippen molar-refractivity contribution in [3.8, 4) is 5.75 Å². The van der Waals surface area contributed by atoms with Crippen molar-refractivity contribution < 1.29 is 14.5 Å². The number of amides is 1. The third-order valence-electron chi connectivity index (χ3n) is 3.16. The van der Waals surface area contributed by atoms with Gasteiger partial charge in [-0.2, -0.15) is 0 Å². The molecule has 2 aromatic rings. The summed E-state index contributed by atoms with van der Waals surface area (Å²) in [4.78, 5) is 22.8. The molecular weight excluding hydrogens is 308 g/mol. The van der Waals surface area contributed by atoms with Crippen LogP contribution in [-0.2, 0) is 0 Å². The predicted octanol–water partition coefficient (Wildman–Crippen LogP) is 3.82. The quantitative estimate of drug-likeness (QED) is 0.686. The summed E-state index contributed by atoms with van der Waals surface area (Å²) in [5.41, 5.74) is 0.804. The van der Waals surface area contributed by atoms with Crippen LogP contribution < -0.4 is 10.1 Å². The van der Waals surface area contributed by atoms with Crippen LogP contribution in [0.3, 0.4) is 0 Å². The van der Waals surface area contributed by atoms with Crippen LogP contribution in [0.4, 0.5) is 11.4 Å². The lowest BCUT2D eigenvalue weighted by molar-refractivity contribution is -0.385. The third kappa shape index (κ3) is 3.17. The highest BCUT2D eigenvalue weighted by Gasteiger charge is 2.19. The van der Waals surface area contributed by atoms with E-state index >= 15 is 0 Å². The van der Waals surface area contributed by atoms with E-state index in [1.54, 1.807) is 18.2 Å². The number of methoxy groups -OCH3 is 1. The van der Waals surface area contributed by atoms with E-state index < -0.39 is 10.8 Å². The Bertz CT molecular complexity index is 746. The molecule has 0 aliphatic rings. The van der Waals surface area contributed by atoms with Gasteiger partial charge in [-0.15, -0.1) is 0 Å². The molecule has 0 spiro atoms. The van der Waals surface area contributed by atoms with Crippen LogP contribution in [0.2, 0.25) is 5.02 Å². The van der Waals surface area contributed by atoms with Gasteiger partial charge in [0.05, 0.1) is 17.7 Å². The van der Waals surface area contributed by atoms with E-state index in [9.17, 15) is 14.9 Å². The van der Waals surface area contributed by atoms with Crippen LogP contribution in [0.5, 0.6) is 5.75 Å². The minimum absolute atomic E-state index is 0.106. The number of nitrogens with one attached hydrogen (secondary N) is 1. The Morgan fingerprint density at radius 1 is 1.32 bits per heavy atom. The van der Waals surface area contributed by atoms with Crippen molar-refractivity contribution >= 4 is 28.9 Å².